The van der Waals surface area contributed by atoms with Gasteiger partial charge in [-0.05, 0) is 81.8 Å². The standard InChI is InChI=1S/C35H28N10O8/c1-17-5-4-6-23-21(11-17)33(46)39-32(38-23)19-8-10-27(29(14-19)49-2)52-53-45-25-9-7-18(13-26(25)45)28-16-24(42-51-28)20-12-22(34(47)40-43-36)31(30(15-20)50-3)35(48)41-44-37/h4-5,7-15,28,32,38H,6,16H2,1-3H3,(H,39,46). The minimum atomic E-state index is -1.09. The van der Waals surface area contributed by atoms with Crippen molar-refractivity contribution in [1.29, 1.82) is 0 Å². The fraction of sp³-hybridized carbons (Fsp3) is 0.200. The van der Waals surface area contributed by atoms with Gasteiger partial charge in [0.05, 0.1) is 36.8 Å². The van der Waals surface area contributed by atoms with Crippen LogP contribution in [-0.4, -0.2) is 37.7 Å². The summed E-state index contributed by atoms with van der Waals surface area (Å²) in [5.74, 6) is -1.71. The van der Waals surface area contributed by atoms with Crippen LogP contribution in [0.1, 0.15) is 69.4 Å². The number of fused-ring (bicyclic) bond motifs is 1. The molecule has 0 spiro atoms. The molecule has 3 aliphatic heterocycles. The molecule has 0 radical (unpaired) electrons. The molecular weight excluding hydrogens is 688 g/mol. The van der Waals surface area contributed by atoms with E-state index < -0.39 is 24.1 Å². The van der Waals surface area contributed by atoms with E-state index in [9.17, 15) is 14.4 Å². The first kappa shape index (κ1) is 34.2. The number of nitrogens with zero attached hydrogens (tertiary/aromatic N) is 8. The van der Waals surface area contributed by atoms with Gasteiger partial charge in [0.2, 0.25) is 11.7 Å². The van der Waals surface area contributed by atoms with Crippen LogP contribution in [0.15, 0.2) is 99.0 Å². The molecule has 18 nitrogen and oxygen atoms in total. The molecule has 3 amide bonds. The fourth-order valence-corrected chi connectivity index (χ4v) is 6.14. The molecule has 7 rings (SSSR count). The summed E-state index contributed by atoms with van der Waals surface area (Å²) in [5, 5.41) is 18.2. The minimum Gasteiger partial charge on any atom is -0.496 e. The molecule has 0 aromatic heterocycles. The quantitative estimate of drug-likeness (QED) is 0.0560. The van der Waals surface area contributed by atoms with Gasteiger partial charge in [-0.1, -0.05) is 40.0 Å². The van der Waals surface area contributed by atoms with Crippen LogP contribution in [0.3, 0.4) is 0 Å². The van der Waals surface area contributed by atoms with Gasteiger partial charge in [0.1, 0.15) is 17.6 Å². The normalized spacial score (nSPS) is 17.9. The Bertz CT molecular complexity index is 2320. The Hall–Kier alpha value is -7.26. The van der Waals surface area contributed by atoms with E-state index in [1.165, 1.54) is 31.4 Å². The van der Waals surface area contributed by atoms with Crippen LogP contribution in [0.5, 0.6) is 17.2 Å². The highest BCUT2D eigenvalue weighted by Gasteiger charge is 2.36. The number of amides is 3. The SMILES string of the molecule is COc1cc(C2NC(=O)C3=C(CC=CC(C)=C3)N2)ccc1OON1c2ccc(C3CC(c4cc(OC)c(C(=O)N=[N+]=[N-])c(C(=O)N=[N+]=[N-])c4)=NO3)cc21. The van der Waals surface area contributed by atoms with Crippen molar-refractivity contribution in [3.05, 3.63) is 132 Å². The summed E-state index contributed by atoms with van der Waals surface area (Å²) in [6.45, 7) is 1.95. The third kappa shape index (κ3) is 6.66. The summed E-state index contributed by atoms with van der Waals surface area (Å²) in [6.07, 6.45) is 5.74. The van der Waals surface area contributed by atoms with E-state index in [0.717, 1.165) is 33.8 Å². The zero-order chi connectivity index (χ0) is 37.2. The van der Waals surface area contributed by atoms with E-state index >= 15 is 0 Å². The number of rotatable bonds is 10. The molecule has 0 fully saturated rings. The van der Waals surface area contributed by atoms with Gasteiger partial charge in [-0.3, -0.25) is 14.4 Å². The van der Waals surface area contributed by atoms with Gasteiger partial charge in [-0.15, -0.1) is 0 Å². The molecule has 3 aromatic carbocycles. The van der Waals surface area contributed by atoms with Gasteiger partial charge in [0.15, 0.2) is 11.9 Å². The Kier molecular flexibility index (Phi) is 9.14. The summed E-state index contributed by atoms with van der Waals surface area (Å²) in [7, 11) is 2.77. The molecule has 3 aromatic rings. The molecule has 0 bridgehead atoms. The second kappa shape index (κ2) is 14.2. The fourth-order valence-electron chi connectivity index (χ4n) is 6.14. The second-order valence-corrected chi connectivity index (χ2v) is 12.0. The number of azide groups is 2. The van der Waals surface area contributed by atoms with E-state index in [2.05, 4.69) is 35.8 Å². The highest BCUT2D eigenvalue weighted by atomic mass is 17.3. The molecular formula is C35H28N10O8. The van der Waals surface area contributed by atoms with Crippen molar-refractivity contribution in [2.75, 3.05) is 19.3 Å². The van der Waals surface area contributed by atoms with Crippen molar-refractivity contribution in [3.63, 3.8) is 0 Å². The number of methoxy groups -OCH3 is 2. The zero-order valence-corrected chi connectivity index (χ0v) is 28.3. The average Bonchev–Trinajstić information content (AvgIpc) is 3.70. The van der Waals surface area contributed by atoms with Crippen LogP contribution in [0.4, 0.5) is 11.4 Å². The number of allylic oxidation sites excluding steroid dienone is 3. The van der Waals surface area contributed by atoms with E-state index in [1.54, 1.807) is 18.2 Å². The van der Waals surface area contributed by atoms with Crippen molar-refractivity contribution >= 4 is 34.8 Å². The molecule has 0 saturated carbocycles. The van der Waals surface area contributed by atoms with Gasteiger partial charge in [-0.25, -0.2) is 0 Å². The number of anilines is 2. The van der Waals surface area contributed by atoms with Crippen molar-refractivity contribution in [2.45, 2.75) is 32.0 Å². The van der Waals surface area contributed by atoms with Crippen LogP contribution >= 0.6 is 0 Å². The predicted octanol–water partition coefficient (Wildman–Crippen LogP) is 6.73. The molecule has 266 valence electrons. The maximum atomic E-state index is 12.9. The van der Waals surface area contributed by atoms with Crippen molar-refractivity contribution < 1.29 is 38.6 Å². The maximum Gasteiger partial charge on any atom is 0.254 e. The molecule has 53 heavy (non-hydrogen) atoms. The monoisotopic (exact) mass is 716 g/mol. The summed E-state index contributed by atoms with van der Waals surface area (Å²) in [4.78, 5) is 60.0. The Morgan fingerprint density at radius 1 is 0.943 bits per heavy atom. The second-order valence-electron chi connectivity index (χ2n) is 12.0. The number of oxime groups is 1. The van der Waals surface area contributed by atoms with E-state index in [0.29, 0.717) is 34.8 Å². The number of nitrogens with one attached hydrogen (secondary N) is 2. The minimum absolute atomic E-state index is 0.0833. The van der Waals surface area contributed by atoms with Gasteiger partial charge >= 0.3 is 0 Å². The zero-order valence-electron chi connectivity index (χ0n) is 28.3. The highest BCUT2D eigenvalue weighted by molar-refractivity contribution is 6.12. The topological polar surface area (TPSA) is 234 Å². The highest BCUT2D eigenvalue weighted by Crippen LogP contribution is 2.50. The molecule has 2 unspecified atom stereocenters. The van der Waals surface area contributed by atoms with Crippen molar-refractivity contribution in [1.82, 2.24) is 10.6 Å². The molecule has 0 saturated heterocycles. The first-order chi connectivity index (χ1) is 25.7. The Morgan fingerprint density at radius 3 is 2.49 bits per heavy atom. The Morgan fingerprint density at radius 2 is 1.72 bits per heavy atom. The van der Waals surface area contributed by atoms with Gasteiger partial charge in [-0.2, -0.15) is 5.06 Å². The number of carbonyl (C=O) groups excluding carboxylic acids is 3. The Labute approximate surface area is 300 Å². The third-order valence-electron chi connectivity index (χ3n) is 8.76. The summed E-state index contributed by atoms with van der Waals surface area (Å²) in [6, 6.07) is 13.5. The molecule has 2 atom stereocenters. The first-order valence-corrected chi connectivity index (χ1v) is 16.0. The summed E-state index contributed by atoms with van der Waals surface area (Å²) in [5.41, 5.74) is 23.1. The number of benzene rings is 3. The van der Waals surface area contributed by atoms with Crippen LogP contribution in [0.25, 0.3) is 20.9 Å². The Balaban J connectivity index is 1.01. The van der Waals surface area contributed by atoms with Crippen molar-refractivity contribution in [2.24, 2.45) is 15.4 Å². The molecule has 18 heteroatoms. The molecule has 3 heterocycles. The van der Waals surface area contributed by atoms with Crippen molar-refractivity contribution in [3.8, 4) is 17.2 Å². The van der Waals surface area contributed by atoms with Crippen LogP contribution in [0.2, 0.25) is 0 Å². The van der Waals surface area contributed by atoms with Crippen LogP contribution < -0.4 is 30.1 Å². The van der Waals surface area contributed by atoms with Gasteiger partial charge in [0.25, 0.3) is 11.8 Å². The van der Waals surface area contributed by atoms with Crippen LogP contribution in [-0.2, 0) is 14.6 Å². The molecule has 4 aliphatic rings. The largest absolute Gasteiger partial charge is 0.496 e. The lowest BCUT2D eigenvalue weighted by Gasteiger charge is -2.29. The number of carbonyl (C=O) groups is 3. The first-order valence-electron chi connectivity index (χ1n) is 16.0. The summed E-state index contributed by atoms with van der Waals surface area (Å²) >= 11 is 0. The average molecular weight is 717 g/mol. The smallest absolute Gasteiger partial charge is 0.254 e. The summed E-state index contributed by atoms with van der Waals surface area (Å²) < 4.78 is 10.9. The lowest BCUT2D eigenvalue weighted by molar-refractivity contribution is -0.201. The predicted molar refractivity (Wildman–Crippen MR) is 187 cm³/mol. The van der Waals surface area contributed by atoms with E-state index in [1.807, 2.05) is 43.4 Å². The number of ether oxygens (including phenoxy) is 2. The molecule has 1 aliphatic carbocycles. The third-order valence-corrected chi connectivity index (χ3v) is 8.76. The molecule has 2 N–H and O–H groups in total. The lowest BCUT2D eigenvalue weighted by atomic mass is 9.95. The number of hydrogen-bond acceptors (Lipinski definition) is 11. The van der Waals surface area contributed by atoms with E-state index in [-0.39, 0.29) is 29.2 Å². The van der Waals surface area contributed by atoms with Gasteiger partial charge in [0, 0.05) is 39.5 Å². The van der Waals surface area contributed by atoms with Crippen LogP contribution in [0, 0.1) is 0 Å². The maximum absolute atomic E-state index is 12.9. The lowest BCUT2D eigenvalue weighted by Crippen LogP contribution is -2.43. The van der Waals surface area contributed by atoms with Gasteiger partial charge < -0.3 is 29.8 Å². The number of hydrogen-bond donors (Lipinski definition) is 2. The van der Waals surface area contributed by atoms with E-state index in [4.69, 9.17) is 35.2 Å².